The third kappa shape index (κ3) is 2.14. The molecule has 0 amide bonds. The Kier molecular flexibility index (Phi) is 3.45. The predicted molar refractivity (Wildman–Crippen MR) is 71.1 cm³/mol. The van der Waals surface area contributed by atoms with E-state index in [1.54, 1.807) is 4.68 Å². The molecule has 1 aromatic rings. The van der Waals surface area contributed by atoms with Gasteiger partial charge in [-0.1, -0.05) is 11.6 Å². The van der Waals surface area contributed by atoms with Crippen LogP contribution < -0.4 is 10.6 Å². The number of amidine groups is 1. The second kappa shape index (κ2) is 4.88. The van der Waals surface area contributed by atoms with Gasteiger partial charge in [-0.3, -0.25) is 4.68 Å². The maximum atomic E-state index is 8.87. The van der Waals surface area contributed by atoms with Crippen LogP contribution in [0.2, 0.25) is 0 Å². The van der Waals surface area contributed by atoms with Gasteiger partial charge >= 0.3 is 0 Å². The lowest BCUT2D eigenvalue weighted by Gasteiger charge is -2.31. The molecule has 0 aliphatic heterocycles. The highest BCUT2D eigenvalue weighted by molar-refractivity contribution is 6.02. The number of oxime groups is 1. The van der Waals surface area contributed by atoms with Gasteiger partial charge in [0.05, 0.1) is 11.3 Å². The van der Waals surface area contributed by atoms with Gasteiger partial charge in [0.1, 0.15) is 5.82 Å². The molecule has 0 radical (unpaired) electrons. The van der Waals surface area contributed by atoms with Crippen molar-refractivity contribution in [1.82, 2.24) is 9.78 Å². The topological polar surface area (TPSA) is 79.7 Å². The summed E-state index contributed by atoms with van der Waals surface area (Å²) >= 11 is 0. The molecule has 1 saturated carbocycles. The van der Waals surface area contributed by atoms with E-state index in [1.807, 2.05) is 21.0 Å². The molecule has 1 heterocycles. The Bertz CT molecular complexity index is 461. The molecule has 0 aromatic carbocycles. The zero-order chi connectivity index (χ0) is 13.3. The molecule has 100 valence electrons. The highest BCUT2D eigenvalue weighted by Crippen LogP contribution is 2.30. The second-order valence-electron chi connectivity index (χ2n) is 5.07. The summed E-state index contributed by atoms with van der Waals surface area (Å²) in [6, 6.07) is 0. The van der Waals surface area contributed by atoms with Crippen LogP contribution in [-0.2, 0) is 7.05 Å². The minimum Gasteiger partial charge on any atom is -0.409 e. The van der Waals surface area contributed by atoms with Gasteiger partial charge in [-0.05, 0) is 25.7 Å². The van der Waals surface area contributed by atoms with E-state index in [0.717, 1.165) is 29.5 Å². The standard InChI is InChI=1S/C12H21N5O/c1-8-10(11(13)15-18)12(17(3)14-8)16(2)7-9-5-4-6-9/h9,18H,4-7H2,1-3H3,(H2,13,15). The van der Waals surface area contributed by atoms with Crippen LogP contribution in [0.25, 0.3) is 0 Å². The van der Waals surface area contributed by atoms with Crippen molar-refractivity contribution >= 4 is 11.7 Å². The zero-order valence-electron chi connectivity index (χ0n) is 11.2. The molecule has 0 saturated heterocycles. The summed E-state index contributed by atoms with van der Waals surface area (Å²) in [7, 11) is 3.91. The first kappa shape index (κ1) is 12.7. The largest absolute Gasteiger partial charge is 0.409 e. The van der Waals surface area contributed by atoms with E-state index in [-0.39, 0.29) is 5.84 Å². The van der Waals surface area contributed by atoms with Crippen molar-refractivity contribution in [2.75, 3.05) is 18.5 Å². The Balaban J connectivity index is 2.29. The maximum Gasteiger partial charge on any atom is 0.175 e. The lowest BCUT2D eigenvalue weighted by Crippen LogP contribution is -2.32. The molecule has 2 rings (SSSR count). The van der Waals surface area contributed by atoms with Crippen molar-refractivity contribution in [3.8, 4) is 0 Å². The van der Waals surface area contributed by atoms with Crippen LogP contribution in [0.15, 0.2) is 5.16 Å². The number of nitrogens with two attached hydrogens (primary N) is 1. The molecular formula is C12H21N5O. The molecule has 6 nitrogen and oxygen atoms in total. The van der Waals surface area contributed by atoms with Crippen LogP contribution in [0.1, 0.15) is 30.5 Å². The Hall–Kier alpha value is -1.72. The molecule has 6 heteroatoms. The number of aryl methyl sites for hydroxylation is 2. The number of anilines is 1. The Labute approximate surface area is 107 Å². The minimum absolute atomic E-state index is 0.121. The summed E-state index contributed by atoms with van der Waals surface area (Å²) in [5, 5.41) is 16.3. The molecule has 0 spiro atoms. The SMILES string of the molecule is Cc1nn(C)c(N(C)CC2CCC2)c1C(N)=NO. The van der Waals surface area contributed by atoms with Gasteiger partial charge in [0.25, 0.3) is 0 Å². The Morgan fingerprint density at radius 2 is 2.28 bits per heavy atom. The highest BCUT2D eigenvalue weighted by atomic mass is 16.4. The van der Waals surface area contributed by atoms with Gasteiger partial charge in [-0.2, -0.15) is 5.10 Å². The van der Waals surface area contributed by atoms with Crippen LogP contribution in [0.3, 0.4) is 0 Å². The van der Waals surface area contributed by atoms with Crippen LogP contribution >= 0.6 is 0 Å². The number of nitrogens with zero attached hydrogens (tertiary/aromatic N) is 4. The summed E-state index contributed by atoms with van der Waals surface area (Å²) in [6.45, 7) is 2.86. The zero-order valence-corrected chi connectivity index (χ0v) is 11.2. The fraction of sp³-hybridized carbons (Fsp3) is 0.667. The average molecular weight is 251 g/mol. The van der Waals surface area contributed by atoms with Gasteiger partial charge in [0.2, 0.25) is 0 Å². The summed E-state index contributed by atoms with van der Waals surface area (Å²) in [5.41, 5.74) is 7.25. The monoisotopic (exact) mass is 251 g/mol. The van der Waals surface area contributed by atoms with Crippen molar-refractivity contribution in [2.45, 2.75) is 26.2 Å². The Morgan fingerprint density at radius 3 is 2.78 bits per heavy atom. The van der Waals surface area contributed by atoms with E-state index in [9.17, 15) is 0 Å². The van der Waals surface area contributed by atoms with Crippen molar-refractivity contribution in [3.05, 3.63) is 11.3 Å². The molecule has 0 bridgehead atoms. The molecular weight excluding hydrogens is 230 g/mol. The highest BCUT2D eigenvalue weighted by Gasteiger charge is 2.24. The molecule has 1 aliphatic rings. The number of hydrogen-bond acceptors (Lipinski definition) is 4. The molecule has 3 N–H and O–H groups in total. The normalized spacial score (nSPS) is 16.7. The summed E-state index contributed by atoms with van der Waals surface area (Å²) < 4.78 is 1.79. The van der Waals surface area contributed by atoms with Crippen LogP contribution in [0.4, 0.5) is 5.82 Å². The smallest absolute Gasteiger partial charge is 0.175 e. The number of hydrogen-bond donors (Lipinski definition) is 2. The molecule has 1 fully saturated rings. The minimum atomic E-state index is 0.121. The molecule has 0 atom stereocenters. The average Bonchev–Trinajstić information content (AvgIpc) is 2.57. The first-order chi connectivity index (χ1) is 8.54. The third-order valence-electron chi connectivity index (χ3n) is 3.67. The van der Waals surface area contributed by atoms with Gasteiger partial charge in [0.15, 0.2) is 5.84 Å². The van der Waals surface area contributed by atoms with Crippen LogP contribution in [0, 0.1) is 12.8 Å². The fourth-order valence-corrected chi connectivity index (χ4v) is 2.58. The summed E-state index contributed by atoms with van der Waals surface area (Å²) in [6.07, 6.45) is 3.91. The predicted octanol–water partition coefficient (Wildman–Crippen LogP) is 1.06. The Morgan fingerprint density at radius 1 is 1.61 bits per heavy atom. The van der Waals surface area contributed by atoms with Gasteiger partial charge in [0, 0.05) is 20.6 Å². The summed E-state index contributed by atoms with van der Waals surface area (Å²) in [5.74, 6) is 1.79. The van der Waals surface area contributed by atoms with E-state index >= 15 is 0 Å². The lowest BCUT2D eigenvalue weighted by atomic mass is 9.85. The van der Waals surface area contributed by atoms with E-state index in [1.165, 1.54) is 19.3 Å². The number of rotatable bonds is 4. The van der Waals surface area contributed by atoms with E-state index in [2.05, 4.69) is 15.2 Å². The summed E-state index contributed by atoms with van der Waals surface area (Å²) in [4.78, 5) is 2.15. The van der Waals surface area contributed by atoms with E-state index in [4.69, 9.17) is 10.9 Å². The van der Waals surface area contributed by atoms with Crippen LogP contribution in [0.5, 0.6) is 0 Å². The maximum absolute atomic E-state index is 8.87. The van der Waals surface area contributed by atoms with Gasteiger partial charge < -0.3 is 15.8 Å². The van der Waals surface area contributed by atoms with Gasteiger partial charge in [-0.15, -0.1) is 0 Å². The fourth-order valence-electron chi connectivity index (χ4n) is 2.58. The molecule has 18 heavy (non-hydrogen) atoms. The number of aromatic nitrogens is 2. The van der Waals surface area contributed by atoms with E-state index < -0.39 is 0 Å². The van der Waals surface area contributed by atoms with Crippen LogP contribution in [-0.4, -0.2) is 34.4 Å². The molecule has 0 unspecified atom stereocenters. The van der Waals surface area contributed by atoms with Crippen molar-refractivity contribution < 1.29 is 5.21 Å². The quantitative estimate of drug-likeness (QED) is 0.363. The third-order valence-corrected chi connectivity index (χ3v) is 3.67. The first-order valence-electron chi connectivity index (χ1n) is 6.27. The van der Waals surface area contributed by atoms with Crippen molar-refractivity contribution in [2.24, 2.45) is 23.9 Å². The van der Waals surface area contributed by atoms with Gasteiger partial charge in [-0.25, -0.2) is 0 Å². The second-order valence-corrected chi connectivity index (χ2v) is 5.07. The molecule has 1 aliphatic carbocycles. The van der Waals surface area contributed by atoms with Crippen molar-refractivity contribution in [3.63, 3.8) is 0 Å². The van der Waals surface area contributed by atoms with E-state index in [0.29, 0.717) is 0 Å². The molecule has 1 aromatic heterocycles. The first-order valence-corrected chi connectivity index (χ1v) is 6.27. The lowest BCUT2D eigenvalue weighted by molar-refractivity contribution is 0.318. The van der Waals surface area contributed by atoms with Crippen molar-refractivity contribution in [1.29, 1.82) is 0 Å².